The molecule has 0 aliphatic carbocycles. The van der Waals surface area contributed by atoms with Gasteiger partial charge in [0.15, 0.2) is 11.5 Å². The molecule has 0 aromatic heterocycles. The van der Waals surface area contributed by atoms with Gasteiger partial charge in [-0.2, -0.15) is 0 Å². The van der Waals surface area contributed by atoms with Gasteiger partial charge in [0.1, 0.15) is 6.10 Å². The molecule has 1 N–H and O–H groups in total. The zero-order valence-electron chi connectivity index (χ0n) is 10.8. The predicted molar refractivity (Wildman–Crippen MR) is 68.7 cm³/mol. The van der Waals surface area contributed by atoms with E-state index in [2.05, 4.69) is 32.2 Å². The maximum atomic E-state index is 5.91. The summed E-state index contributed by atoms with van der Waals surface area (Å²) in [5.41, 5.74) is 1.22. The van der Waals surface area contributed by atoms with E-state index in [1.165, 1.54) is 5.56 Å². The predicted octanol–water partition coefficient (Wildman–Crippen LogP) is 2.91. The topological polar surface area (TPSA) is 30.5 Å². The Balaban J connectivity index is 2.25. The summed E-state index contributed by atoms with van der Waals surface area (Å²) in [6.45, 7) is 7.99. The van der Waals surface area contributed by atoms with Crippen molar-refractivity contribution in [3.05, 3.63) is 23.8 Å². The lowest BCUT2D eigenvalue weighted by Gasteiger charge is -2.14. The minimum Gasteiger partial charge on any atom is -0.490 e. The summed E-state index contributed by atoms with van der Waals surface area (Å²) in [7, 11) is 0. The van der Waals surface area contributed by atoms with Crippen molar-refractivity contribution in [2.45, 2.75) is 39.3 Å². The van der Waals surface area contributed by atoms with Crippen molar-refractivity contribution in [3.63, 3.8) is 0 Å². The van der Waals surface area contributed by atoms with Gasteiger partial charge in [0.05, 0.1) is 12.6 Å². The molecule has 3 heteroatoms. The summed E-state index contributed by atoms with van der Waals surface area (Å²) in [5, 5.41) is 3.45. The average Bonchev–Trinajstić information content (AvgIpc) is 2.65. The van der Waals surface area contributed by atoms with Gasteiger partial charge in [-0.15, -0.1) is 0 Å². The van der Waals surface area contributed by atoms with Crippen LogP contribution in [0.1, 0.15) is 38.8 Å². The number of likely N-dealkylation sites (N-methyl/N-ethyl adjacent to an activating group) is 1. The lowest BCUT2D eigenvalue weighted by molar-refractivity contribution is 0.200. The largest absolute Gasteiger partial charge is 0.490 e. The van der Waals surface area contributed by atoms with Crippen LogP contribution in [0.2, 0.25) is 0 Å². The fourth-order valence-corrected chi connectivity index (χ4v) is 2.23. The molecule has 0 amide bonds. The van der Waals surface area contributed by atoms with Crippen molar-refractivity contribution in [2.24, 2.45) is 0 Å². The number of hydrogen-bond donors (Lipinski definition) is 1. The first-order chi connectivity index (χ1) is 8.27. The van der Waals surface area contributed by atoms with E-state index in [0.29, 0.717) is 0 Å². The molecule has 0 bridgehead atoms. The molecule has 0 saturated heterocycles. The van der Waals surface area contributed by atoms with Crippen LogP contribution in [-0.2, 0) is 0 Å². The second-order valence-corrected chi connectivity index (χ2v) is 4.38. The molecule has 1 aliphatic heterocycles. The lowest BCUT2D eigenvalue weighted by Crippen LogP contribution is -2.28. The standard InChI is InChI=1S/C14H21NO2/c1-4-9-16-12-8-6-7-11-13(15-5-2)10(3)17-14(11)12/h6-8,10,13,15H,4-5,9H2,1-3H3. The molecule has 3 nitrogen and oxygen atoms in total. The third-order valence-corrected chi connectivity index (χ3v) is 3.00. The molecule has 94 valence electrons. The minimum absolute atomic E-state index is 0.163. The van der Waals surface area contributed by atoms with Crippen molar-refractivity contribution >= 4 is 0 Å². The lowest BCUT2D eigenvalue weighted by atomic mass is 10.0. The molecular formula is C14H21NO2. The van der Waals surface area contributed by atoms with Crippen molar-refractivity contribution in [1.29, 1.82) is 0 Å². The van der Waals surface area contributed by atoms with E-state index in [9.17, 15) is 0 Å². The maximum absolute atomic E-state index is 5.91. The summed E-state index contributed by atoms with van der Waals surface area (Å²) in [5.74, 6) is 1.79. The van der Waals surface area contributed by atoms with E-state index in [0.717, 1.165) is 31.1 Å². The van der Waals surface area contributed by atoms with E-state index >= 15 is 0 Å². The molecule has 2 rings (SSSR count). The van der Waals surface area contributed by atoms with E-state index < -0.39 is 0 Å². The Morgan fingerprint density at radius 2 is 2.18 bits per heavy atom. The van der Waals surface area contributed by atoms with Gasteiger partial charge in [-0.25, -0.2) is 0 Å². The number of para-hydroxylation sites is 1. The van der Waals surface area contributed by atoms with Crippen LogP contribution in [0.15, 0.2) is 18.2 Å². The zero-order valence-corrected chi connectivity index (χ0v) is 10.8. The Labute approximate surface area is 103 Å². The molecule has 2 unspecified atom stereocenters. The first-order valence-electron chi connectivity index (χ1n) is 6.43. The Morgan fingerprint density at radius 3 is 2.88 bits per heavy atom. The fraction of sp³-hybridized carbons (Fsp3) is 0.571. The number of fused-ring (bicyclic) bond motifs is 1. The summed E-state index contributed by atoms with van der Waals surface area (Å²) in [4.78, 5) is 0. The highest BCUT2D eigenvalue weighted by Gasteiger charge is 2.32. The average molecular weight is 235 g/mol. The molecule has 1 aliphatic rings. The number of benzene rings is 1. The Kier molecular flexibility index (Phi) is 3.89. The molecule has 0 spiro atoms. The van der Waals surface area contributed by atoms with Crippen LogP contribution in [0.25, 0.3) is 0 Å². The fourth-order valence-electron chi connectivity index (χ4n) is 2.23. The smallest absolute Gasteiger partial charge is 0.166 e. The molecule has 0 fully saturated rings. The first kappa shape index (κ1) is 12.2. The Morgan fingerprint density at radius 1 is 1.35 bits per heavy atom. The second kappa shape index (κ2) is 5.41. The molecule has 1 heterocycles. The third-order valence-electron chi connectivity index (χ3n) is 3.00. The van der Waals surface area contributed by atoms with Crippen molar-refractivity contribution in [2.75, 3.05) is 13.2 Å². The van der Waals surface area contributed by atoms with Crippen LogP contribution in [0.5, 0.6) is 11.5 Å². The van der Waals surface area contributed by atoms with Gasteiger partial charge in [0.25, 0.3) is 0 Å². The van der Waals surface area contributed by atoms with E-state index in [1.54, 1.807) is 0 Å². The van der Waals surface area contributed by atoms with Crippen molar-refractivity contribution in [3.8, 4) is 11.5 Å². The van der Waals surface area contributed by atoms with Gasteiger partial charge in [-0.05, 0) is 26.0 Å². The summed E-state index contributed by atoms with van der Waals surface area (Å²) >= 11 is 0. The van der Waals surface area contributed by atoms with Gasteiger partial charge in [0.2, 0.25) is 0 Å². The number of ether oxygens (including phenoxy) is 2. The number of rotatable bonds is 5. The summed E-state index contributed by atoms with van der Waals surface area (Å²) in [6.07, 6.45) is 1.17. The number of nitrogens with one attached hydrogen (secondary N) is 1. The molecule has 1 aromatic carbocycles. The van der Waals surface area contributed by atoms with Crippen molar-refractivity contribution in [1.82, 2.24) is 5.32 Å². The number of hydrogen-bond acceptors (Lipinski definition) is 3. The second-order valence-electron chi connectivity index (χ2n) is 4.38. The van der Waals surface area contributed by atoms with Crippen LogP contribution in [0.3, 0.4) is 0 Å². The Bertz CT molecular complexity index is 378. The molecule has 2 atom stereocenters. The molecule has 17 heavy (non-hydrogen) atoms. The van der Waals surface area contributed by atoms with Crippen LogP contribution in [0.4, 0.5) is 0 Å². The normalized spacial score (nSPS) is 22.1. The minimum atomic E-state index is 0.163. The van der Waals surface area contributed by atoms with E-state index in [4.69, 9.17) is 9.47 Å². The van der Waals surface area contributed by atoms with Gasteiger partial charge in [-0.3, -0.25) is 0 Å². The third kappa shape index (κ3) is 2.39. The van der Waals surface area contributed by atoms with E-state index in [-0.39, 0.29) is 12.1 Å². The molecule has 1 aromatic rings. The summed E-state index contributed by atoms with van der Waals surface area (Å²) in [6, 6.07) is 6.41. The maximum Gasteiger partial charge on any atom is 0.166 e. The summed E-state index contributed by atoms with van der Waals surface area (Å²) < 4.78 is 11.6. The van der Waals surface area contributed by atoms with Gasteiger partial charge in [-0.1, -0.05) is 26.0 Å². The van der Waals surface area contributed by atoms with Crippen LogP contribution in [0, 0.1) is 0 Å². The zero-order chi connectivity index (χ0) is 12.3. The van der Waals surface area contributed by atoms with Gasteiger partial charge >= 0.3 is 0 Å². The SMILES string of the molecule is CCCOc1cccc2c1OC(C)C2NCC. The highest BCUT2D eigenvalue weighted by molar-refractivity contribution is 5.51. The van der Waals surface area contributed by atoms with Gasteiger partial charge < -0.3 is 14.8 Å². The molecule has 0 saturated carbocycles. The van der Waals surface area contributed by atoms with Crippen LogP contribution < -0.4 is 14.8 Å². The molecule has 0 radical (unpaired) electrons. The van der Waals surface area contributed by atoms with Crippen LogP contribution >= 0.6 is 0 Å². The highest BCUT2D eigenvalue weighted by Crippen LogP contribution is 2.43. The first-order valence-corrected chi connectivity index (χ1v) is 6.43. The highest BCUT2D eigenvalue weighted by atomic mass is 16.5. The van der Waals surface area contributed by atoms with Crippen LogP contribution in [-0.4, -0.2) is 19.3 Å². The van der Waals surface area contributed by atoms with Crippen molar-refractivity contribution < 1.29 is 9.47 Å². The quantitative estimate of drug-likeness (QED) is 0.851. The van der Waals surface area contributed by atoms with E-state index in [1.807, 2.05) is 12.1 Å². The Hall–Kier alpha value is -1.22. The monoisotopic (exact) mass is 235 g/mol. The molecular weight excluding hydrogens is 214 g/mol. The van der Waals surface area contributed by atoms with Gasteiger partial charge in [0, 0.05) is 5.56 Å².